The lowest BCUT2D eigenvalue weighted by atomic mass is 9.48. The third-order valence-corrected chi connectivity index (χ3v) is 9.56. The molecule has 0 N–H and O–H groups in total. The van der Waals surface area contributed by atoms with Crippen molar-refractivity contribution in [2.24, 2.45) is 40.4 Å². The van der Waals surface area contributed by atoms with Crippen LogP contribution in [-0.4, -0.2) is 0 Å². The highest BCUT2D eigenvalue weighted by Gasteiger charge is 2.56. The first-order valence-electron chi connectivity index (χ1n) is 11.1. The van der Waals surface area contributed by atoms with Crippen molar-refractivity contribution in [2.45, 2.75) is 98.3 Å². The van der Waals surface area contributed by atoms with Gasteiger partial charge in [0.25, 0.3) is 0 Å². The van der Waals surface area contributed by atoms with E-state index in [1.807, 2.05) is 5.57 Å². The molecule has 0 spiro atoms. The van der Waals surface area contributed by atoms with Gasteiger partial charge in [-0.15, -0.1) is 0 Å². The van der Waals surface area contributed by atoms with Crippen molar-refractivity contribution in [3.05, 3.63) is 11.6 Å². The Hall–Kier alpha value is -0.260. The Bertz CT molecular complexity index is 502. The van der Waals surface area contributed by atoms with E-state index < -0.39 is 0 Å². The summed E-state index contributed by atoms with van der Waals surface area (Å²) in [5, 5.41) is 0. The van der Waals surface area contributed by atoms with Gasteiger partial charge in [0.05, 0.1) is 0 Å². The zero-order valence-corrected chi connectivity index (χ0v) is 16.7. The predicted molar refractivity (Wildman–Crippen MR) is 104 cm³/mol. The minimum atomic E-state index is 0.536. The highest BCUT2D eigenvalue weighted by molar-refractivity contribution is 5.23. The number of fused-ring (bicyclic) bond motifs is 5. The van der Waals surface area contributed by atoms with Gasteiger partial charge in [0, 0.05) is 0 Å². The third-order valence-electron chi connectivity index (χ3n) is 9.56. The van der Waals surface area contributed by atoms with Crippen LogP contribution in [0.25, 0.3) is 0 Å². The van der Waals surface area contributed by atoms with Crippen LogP contribution in [0, 0.1) is 40.4 Å². The van der Waals surface area contributed by atoms with Gasteiger partial charge >= 0.3 is 0 Å². The summed E-state index contributed by atoms with van der Waals surface area (Å²) in [5.74, 6) is 4.88. The minimum Gasteiger partial charge on any atom is -0.0845 e. The Kier molecular flexibility index (Phi) is 4.41. The molecule has 0 radical (unpaired) electrons. The SMILES string of the molecule is CC1CCC2C3CC=C4C[C@@H](C)CCCCC[C@]4(C)C3CCC12C. The summed E-state index contributed by atoms with van der Waals surface area (Å²) in [6.45, 7) is 10.4. The van der Waals surface area contributed by atoms with Crippen molar-refractivity contribution in [1.29, 1.82) is 0 Å². The van der Waals surface area contributed by atoms with Crippen LogP contribution in [-0.2, 0) is 0 Å². The van der Waals surface area contributed by atoms with Crippen molar-refractivity contribution in [2.75, 3.05) is 0 Å². The molecule has 7 atom stereocenters. The first-order valence-corrected chi connectivity index (χ1v) is 11.1. The average molecular weight is 329 g/mol. The van der Waals surface area contributed by atoms with E-state index >= 15 is 0 Å². The average Bonchev–Trinajstić information content (AvgIpc) is 2.88. The van der Waals surface area contributed by atoms with Crippen molar-refractivity contribution in [3.8, 4) is 0 Å². The second-order valence-electron chi connectivity index (χ2n) is 10.7. The van der Waals surface area contributed by atoms with Gasteiger partial charge in [-0.05, 0) is 85.4 Å². The summed E-state index contributed by atoms with van der Waals surface area (Å²) in [5.41, 5.74) is 3.08. The highest BCUT2D eigenvalue weighted by Crippen LogP contribution is 2.65. The number of allylic oxidation sites excluding steroid dienone is 2. The Morgan fingerprint density at radius 1 is 0.875 bits per heavy atom. The second kappa shape index (κ2) is 6.17. The van der Waals surface area contributed by atoms with Crippen LogP contribution in [0.4, 0.5) is 0 Å². The van der Waals surface area contributed by atoms with Gasteiger partial charge in [0.15, 0.2) is 0 Å². The largest absolute Gasteiger partial charge is 0.0845 e. The Morgan fingerprint density at radius 3 is 2.54 bits per heavy atom. The predicted octanol–water partition coefficient (Wildman–Crippen LogP) is 7.39. The monoisotopic (exact) mass is 328 g/mol. The fraction of sp³-hybridized carbons (Fsp3) is 0.917. The molecule has 0 bridgehead atoms. The number of rotatable bonds is 0. The summed E-state index contributed by atoms with van der Waals surface area (Å²) in [7, 11) is 0. The quantitative estimate of drug-likeness (QED) is 0.407. The minimum absolute atomic E-state index is 0.536. The first-order chi connectivity index (χ1) is 11.4. The molecule has 0 aromatic heterocycles. The molecule has 5 unspecified atom stereocenters. The van der Waals surface area contributed by atoms with Crippen molar-refractivity contribution < 1.29 is 0 Å². The molecule has 4 aliphatic carbocycles. The van der Waals surface area contributed by atoms with Gasteiger partial charge in [0.1, 0.15) is 0 Å². The molecule has 4 rings (SSSR count). The lowest BCUT2D eigenvalue weighted by Crippen LogP contribution is -2.48. The van der Waals surface area contributed by atoms with Crippen LogP contribution >= 0.6 is 0 Å². The molecule has 0 saturated heterocycles. The molecular weight excluding hydrogens is 288 g/mol. The third kappa shape index (κ3) is 2.53. The molecule has 0 aromatic rings. The van der Waals surface area contributed by atoms with E-state index in [-0.39, 0.29) is 0 Å². The van der Waals surface area contributed by atoms with Gasteiger partial charge in [-0.1, -0.05) is 65.0 Å². The summed E-state index contributed by atoms with van der Waals surface area (Å²) in [6.07, 6.45) is 19.0. The van der Waals surface area contributed by atoms with Crippen LogP contribution < -0.4 is 0 Å². The van der Waals surface area contributed by atoms with Gasteiger partial charge in [0.2, 0.25) is 0 Å². The normalized spacial score (nSPS) is 52.2. The molecule has 4 aliphatic rings. The molecule has 0 aromatic carbocycles. The summed E-state index contributed by atoms with van der Waals surface area (Å²) >= 11 is 0. The maximum Gasteiger partial charge on any atom is -0.00852 e. The summed E-state index contributed by atoms with van der Waals surface area (Å²) in [4.78, 5) is 0. The zero-order chi connectivity index (χ0) is 16.9. The van der Waals surface area contributed by atoms with Gasteiger partial charge in [-0.3, -0.25) is 0 Å². The van der Waals surface area contributed by atoms with Gasteiger partial charge in [-0.25, -0.2) is 0 Å². The van der Waals surface area contributed by atoms with E-state index in [1.54, 1.807) is 0 Å². The highest BCUT2D eigenvalue weighted by atomic mass is 14.6. The molecule has 0 heteroatoms. The molecule has 0 amide bonds. The van der Waals surface area contributed by atoms with Gasteiger partial charge < -0.3 is 0 Å². The summed E-state index contributed by atoms with van der Waals surface area (Å²) < 4.78 is 0. The topological polar surface area (TPSA) is 0 Å². The molecule has 3 fully saturated rings. The van der Waals surface area contributed by atoms with Crippen molar-refractivity contribution in [1.82, 2.24) is 0 Å². The molecule has 0 heterocycles. The lowest BCUT2D eigenvalue weighted by Gasteiger charge is -2.56. The lowest BCUT2D eigenvalue weighted by molar-refractivity contribution is -0.0352. The molecule has 0 nitrogen and oxygen atoms in total. The molecule has 136 valence electrons. The van der Waals surface area contributed by atoms with Crippen LogP contribution in [0.15, 0.2) is 11.6 Å². The second-order valence-corrected chi connectivity index (χ2v) is 10.7. The maximum atomic E-state index is 2.76. The van der Waals surface area contributed by atoms with Crippen molar-refractivity contribution >= 4 is 0 Å². The Morgan fingerprint density at radius 2 is 1.71 bits per heavy atom. The van der Waals surface area contributed by atoms with E-state index in [0.717, 1.165) is 29.6 Å². The Balaban J connectivity index is 1.66. The van der Waals surface area contributed by atoms with Crippen LogP contribution in [0.1, 0.15) is 98.3 Å². The maximum absolute atomic E-state index is 2.76. The van der Waals surface area contributed by atoms with Crippen LogP contribution in [0.2, 0.25) is 0 Å². The fourth-order valence-corrected chi connectivity index (χ4v) is 7.72. The number of hydrogen-bond donors (Lipinski definition) is 0. The van der Waals surface area contributed by atoms with Crippen LogP contribution in [0.5, 0.6) is 0 Å². The molecule has 3 saturated carbocycles. The van der Waals surface area contributed by atoms with Gasteiger partial charge in [-0.2, -0.15) is 0 Å². The van der Waals surface area contributed by atoms with Crippen LogP contribution in [0.3, 0.4) is 0 Å². The molecule has 24 heavy (non-hydrogen) atoms. The molecular formula is C24H40. The van der Waals surface area contributed by atoms with E-state index in [2.05, 4.69) is 33.8 Å². The van der Waals surface area contributed by atoms with E-state index in [0.29, 0.717) is 10.8 Å². The van der Waals surface area contributed by atoms with E-state index in [9.17, 15) is 0 Å². The smallest absolute Gasteiger partial charge is 0.00852 e. The molecule has 0 aliphatic heterocycles. The van der Waals surface area contributed by atoms with E-state index in [4.69, 9.17) is 0 Å². The first kappa shape index (κ1) is 17.2. The number of hydrogen-bond acceptors (Lipinski definition) is 0. The Labute approximate surface area is 150 Å². The fourth-order valence-electron chi connectivity index (χ4n) is 7.72. The zero-order valence-electron chi connectivity index (χ0n) is 16.7. The standard InChI is InChI=1S/C24H40/c1-17-8-6-5-7-14-24(4)19(16-17)10-11-20-21-12-9-18(2)23(21,3)15-13-22(20)24/h10,17-18,20-22H,5-9,11-16H2,1-4H3/t17-,18?,20?,21?,22?,23?,24-/m0/s1. The van der Waals surface area contributed by atoms with Crippen molar-refractivity contribution in [3.63, 3.8) is 0 Å². The summed E-state index contributed by atoms with van der Waals surface area (Å²) in [6, 6.07) is 0. The van der Waals surface area contributed by atoms with E-state index in [1.165, 1.54) is 70.6 Å².